The van der Waals surface area contributed by atoms with Crippen molar-refractivity contribution in [1.82, 2.24) is 15.2 Å². The molecule has 0 atom stereocenters. The van der Waals surface area contributed by atoms with Gasteiger partial charge < -0.3 is 14.8 Å². The van der Waals surface area contributed by atoms with Crippen molar-refractivity contribution in [2.45, 2.75) is 32.8 Å². The molecule has 0 bridgehead atoms. The zero-order chi connectivity index (χ0) is 17.3. The number of fused-ring (bicyclic) bond motifs is 1. The van der Waals surface area contributed by atoms with E-state index in [-0.39, 0.29) is 0 Å². The van der Waals surface area contributed by atoms with Crippen molar-refractivity contribution in [3.05, 3.63) is 59.9 Å². The molecular formula is C19H20N4O2. The van der Waals surface area contributed by atoms with Crippen LogP contribution in [-0.4, -0.2) is 21.0 Å². The number of benzene rings is 2. The monoisotopic (exact) mass is 336 g/mol. The third kappa shape index (κ3) is 3.49. The Balaban J connectivity index is 1.46. The van der Waals surface area contributed by atoms with Gasteiger partial charge in [0.05, 0.1) is 6.61 Å². The highest BCUT2D eigenvalue weighted by atomic mass is 16.7. The molecule has 2 N–H and O–H groups in total. The molecular weight excluding hydrogens is 316 g/mol. The van der Waals surface area contributed by atoms with Crippen LogP contribution in [0.3, 0.4) is 0 Å². The molecule has 0 saturated heterocycles. The van der Waals surface area contributed by atoms with Gasteiger partial charge in [-0.05, 0) is 29.8 Å². The first-order chi connectivity index (χ1) is 12.1. The Kier molecular flexibility index (Phi) is 3.89. The summed E-state index contributed by atoms with van der Waals surface area (Å²) < 4.78 is 11.5. The zero-order valence-electron chi connectivity index (χ0n) is 14.2. The minimum atomic E-state index is -0.562. The summed E-state index contributed by atoms with van der Waals surface area (Å²) in [6.45, 7) is 5.13. The van der Waals surface area contributed by atoms with Gasteiger partial charge in [0.15, 0.2) is 5.82 Å². The van der Waals surface area contributed by atoms with Crippen molar-refractivity contribution in [1.29, 1.82) is 0 Å². The van der Waals surface area contributed by atoms with Crippen molar-refractivity contribution >= 4 is 5.69 Å². The van der Waals surface area contributed by atoms with E-state index in [1.807, 2.05) is 44.2 Å². The van der Waals surface area contributed by atoms with Gasteiger partial charge in [-0.3, -0.25) is 5.10 Å². The molecule has 6 heteroatoms. The Morgan fingerprint density at radius 3 is 2.96 bits per heavy atom. The minimum absolute atomic E-state index is 0.562. The first-order valence-corrected chi connectivity index (χ1v) is 8.23. The second-order valence-corrected chi connectivity index (χ2v) is 6.50. The summed E-state index contributed by atoms with van der Waals surface area (Å²) in [5.41, 5.74) is 4.28. The van der Waals surface area contributed by atoms with Gasteiger partial charge in [0.2, 0.25) is 5.79 Å². The van der Waals surface area contributed by atoms with Gasteiger partial charge in [-0.25, -0.2) is 4.98 Å². The summed E-state index contributed by atoms with van der Waals surface area (Å²) in [4.78, 5) is 4.18. The number of hydrogen-bond acceptors (Lipinski definition) is 5. The number of ether oxygens (including phenoxy) is 2. The van der Waals surface area contributed by atoms with Gasteiger partial charge in [0, 0.05) is 37.2 Å². The summed E-state index contributed by atoms with van der Waals surface area (Å²) in [5.74, 6) is 1.09. The van der Waals surface area contributed by atoms with Gasteiger partial charge in [-0.2, -0.15) is 5.10 Å². The van der Waals surface area contributed by atoms with Crippen molar-refractivity contribution in [3.63, 3.8) is 0 Å². The summed E-state index contributed by atoms with van der Waals surface area (Å²) in [6.07, 6.45) is 1.51. The Bertz CT molecular complexity index is 875. The summed E-state index contributed by atoms with van der Waals surface area (Å²) >= 11 is 0. The van der Waals surface area contributed by atoms with Crippen LogP contribution in [0.15, 0.2) is 48.8 Å². The molecule has 3 aromatic rings. The summed E-state index contributed by atoms with van der Waals surface area (Å²) in [6, 6.07) is 14.3. The Morgan fingerprint density at radius 2 is 2.12 bits per heavy atom. The maximum Gasteiger partial charge on any atom is 0.205 e. The number of H-pyrrole nitrogens is 1. The zero-order valence-corrected chi connectivity index (χ0v) is 14.2. The topological polar surface area (TPSA) is 72.1 Å². The third-order valence-electron chi connectivity index (χ3n) is 4.10. The largest absolute Gasteiger partial charge is 0.463 e. The van der Waals surface area contributed by atoms with Crippen molar-refractivity contribution < 1.29 is 9.47 Å². The highest BCUT2D eigenvalue weighted by molar-refractivity contribution is 5.62. The number of aromatic nitrogens is 3. The number of aromatic amines is 1. The lowest BCUT2D eigenvalue weighted by molar-refractivity contribution is -0.180. The molecule has 2 heterocycles. The van der Waals surface area contributed by atoms with E-state index in [0.717, 1.165) is 34.9 Å². The molecule has 0 fully saturated rings. The van der Waals surface area contributed by atoms with Gasteiger partial charge >= 0.3 is 0 Å². The molecule has 2 aromatic carbocycles. The molecule has 0 aliphatic carbocycles. The van der Waals surface area contributed by atoms with Crippen LogP contribution in [0, 0.1) is 0 Å². The Hall–Kier alpha value is -2.86. The van der Waals surface area contributed by atoms with Crippen LogP contribution in [0.1, 0.15) is 25.0 Å². The average Bonchev–Trinajstić information content (AvgIpc) is 3.14. The molecule has 25 heavy (non-hydrogen) atoms. The van der Waals surface area contributed by atoms with Crippen LogP contribution in [0.5, 0.6) is 5.75 Å². The molecule has 0 spiro atoms. The number of rotatable bonds is 4. The summed E-state index contributed by atoms with van der Waals surface area (Å²) in [7, 11) is 0. The van der Waals surface area contributed by atoms with Crippen LogP contribution in [0.4, 0.5) is 5.69 Å². The molecule has 0 unspecified atom stereocenters. The molecule has 1 aliphatic rings. The van der Waals surface area contributed by atoms with Crippen molar-refractivity contribution in [2.24, 2.45) is 0 Å². The SMILES string of the molecule is CC1(C)OCc2cc(CNc3cccc(-c4ncn[nH]4)c3)ccc2O1. The predicted octanol–water partition coefficient (Wildman–Crippen LogP) is 3.73. The molecule has 0 radical (unpaired) electrons. The van der Waals surface area contributed by atoms with E-state index in [1.165, 1.54) is 11.9 Å². The molecule has 6 nitrogen and oxygen atoms in total. The molecule has 0 amide bonds. The fourth-order valence-corrected chi connectivity index (χ4v) is 2.83. The van der Waals surface area contributed by atoms with Gasteiger partial charge in [0.25, 0.3) is 0 Å². The van der Waals surface area contributed by atoms with E-state index in [0.29, 0.717) is 6.61 Å². The Morgan fingerprint density at radius 1 is 1.20 bits per heavy atom. The molecule has 128 valence electrons. The molecule has 4 rings (SSSR count). The first-order valence-electron chi connectivity index (χ1n) is 8.23. The average molecular weight is 336 g/mol. The van der Waals surface area contributed by atoms with Crippen LogP contribution in [0.2, 0.25) is 0 Å². The number of anilines is 1. The van der Waals surface area contributed by atoms with E-state index < -0.39 is 5.79 Å². The van der Waals surface area contributed by atoms with Gasteiger partial charge in [0.1, 0.15) is 12.1 Å². The van der Waals surface area contributed by atoms with E-state index in [2.05, 4.69) is 32.6 Å². The lowest BCUT2D eigenvalue weighted by Gasteiger charge is -2.32. The van der Waals surface area contributed by atoms with E-state index in [1.54, 1.807) is 0 Å². The fourth-order valence-electron chi connectivity index (χ4n) is 2.83. The lowest BCUT2D eigenvalue weighted by Crippen LogP contribution is -2.35. The third-order valence-corrected chi connectivity index (χ3v) is 4.10. The first kappa shape index (κ1) is 15.7. The highest BCUT2D eigenvalue weighted by Gasteiger charge is 2.27. The number of nitrogens with one attached hydrogen (secondary N) is 2. The normalized spacial score (nSPS) is 15.3. The second kappa shape index (κ2) is 6.22. The maximum absolute atomic E-state index is 5.84. The molecule has 1 aromatic heterocycles. The van der Waals surface area contributed by atoms with Gasteiger partial charge in [-0.1, -0.05) is 18.2 Å². The Labute approximate surface area is 146 Å². The van der Waals surface area contributed by atoms with E-state index in [9.17, 15) is 0 Å². The van der Waals surface area contributed by atoms with Crippen LogP contribution in [0.25, 0.3) is 11.4 Å². The van der Waals surface area contributed by atoms with Crippen LogP contribution in [-0.2, 0) is 17.9 Å². The van der Waals surface area contributed by atoms with Crippen LogP contribution >= 0.6 is 0 Å². The fraction of sp³-hybridized carbons (Fsp3) is 0.263. The van der Waals surface area contributed by atoms with E-state index in [4.69, 9.17) is 9.47 Å². The standard InChI is InChI=1S/C19H20N4O2/c1-19(2)24-11-15-8-13(6-7-17(15)25-19)10-20-16-5-3-4-14(9-16)18-21-12-22-23-18/h3-9,12,20H,10-11H2,1-2H3,(H,21,22,23). The van der Waals surface area contributed by atoms with Crippen molar-refractivity contribution in [3.8, 4) is 17.1 Å². The smallest absolute Gasteiger partial charge is 0.205 e. The summed E-state index contributed by atoms with van der Waals surface area (Å²) in [5, 5.41) is 10.2. The molecule has 0 saturated carbocycles. The maximum atomic E-state index is 5.84. The van der Waals surface area contributed by atoms with E-state index >= 15 is 0 Å². The minimum Gasteiger partial charge on any atom is -0.463 e. The number of hydrogen-bond donors (Lipinski definition) is 2. The van der Waals surface area contributed by atoms with Crippen LogP contribution < -0.4 is 10.1 Å². The lowest BCUT2D eigenvalue weighted by atomic mass is 10.1. The predicted molar refractivity (Wildman–Crippen MR) is 95.1 cm³/mol. The van der Waals surface area contributed by atoms with Crippen molar-refractivity contribution in [2.75, 3.05) is 5.32 Å². The number of nitrogens with zero attached hydrogens (tertiary/aromatic N) is 2. The van der Waals surface area contributed by atoms with Gasteiger partial charge in [-0.15, -0.1) is 0 Å². The highest BCUT2D eigenvalue weighted by Crippen LogP contribution is 2.31. The molecule has 1 aliphatic heterocycles. The quantitative estimate of drug-likeness (QED) is 0.759. The second-order valence-electron chi connectivity index (χ2n) is 6.50.